The molecule has 17 heavy (non-hydrogen) atoms. The van der Waals surface area contributed by atoms with Crippen molar-refractivity contribution in [1.82, 2.24) is 4.98 Å². The molecule has 0 aliphatic carbocycles. The second kappa shape index (κ2) is 4.99. The Hall–Kier alpha value is -2.54. The topological polar surface area (TPSA) is 71.9 Å². The first-order chi connectivity index (χ1) is 8.29. The van der Waals surface area contributed by atoms with Crippen LogP contribution in [0.4, 0.5) is 5.82 Å². The van der Waals surface area contributed by atoms with E-state index in [1.165, 1.54) is 0 Å². The van der Waals surface area contributed by atoms with Gasteiger partial charge in [0.2, 0.25) is 0 Å². The van der Waals surface area contributed by atoms with Gasteiger partial charge in [-0.1, -0.05) is 12.1 Å². The third kappa shape index (κ3) is 2.73. The normalized spacial score (nSPS) is 9.59. The van der Waals surface area contributed by atoms with Gasteiger partial charge in [0.25, 0.3) is 0 Å². The third-order valence-corrected chi connectivity index (χ3v) is 2.28. The number of benzene rings is 1. The Morgan fingerprint density at radius 3 is 2.65 bits per heavy atom. The average Bonchev–Trinajstić information content (AvgIpc) is 2.38. The van der Waals surface area contributed by atoms with E-state index in [9.17, 15) is 0 Å². The van der Waals surface area contributed by atoms with Crippen LogP contribution in [0.3, 0.4) is 0 Å². The van der Waals surface area contributed by atoms with Crippen LogP contribution in [-0.2, 0) is 6.61 Å². The Morgan fingerprint density at radius 1 is 1.24 bits per heavy atom. The van der Waals surface area contributed by atoms with Gasteiger partial charge in [-0.2, -0.15) is 5.26 Å². The molecule has 0 aliphatic heterocycles. The van der Waals surface area contributed by atoms with Crippen molar-refractivity contribution in [3.05, 3.63) is 53.7 Å². The van der Waals surface area contributed by atoms with Crippen molar-refractivity contribution in [2.24, 2.45) is 0 Å². The third-order valence-electron chi connectivity index (χ3n) is 2.28. The van der Waals surface area contributed by atoms with Gasteiger partial charge >= 0.3 is 0 Å². The predicted octanol–water partition coefficient (Wildman–Crippen LogP) is 2.11. The van der Waals surface area contributed by atoms with E-state index in [0.29, 0.717) is 23.7 Å². The van der Waals surface area contributed by atoms with Gasteiger partial charge in [0.15, 0.2) is 11.6 Å². The molecule has 0 amide bonds. The van der Waals surface area contributed by atoms with Gasteiger partial charge in [-0.25, -0.2) is 4.98 Å². The van der Waals surface area contributed by atoms with Crippen LogP contribution < -0.4 is 10.5 Å². The Labute approximate surface area is 99.3 Å². The van der Waals surface area contributed by atoms with E-state index < -0.39 is 0 Å². The lowest BCUT2D eigenvalue weighted by Crippen LogP contribution is -1.99. The van der Waals surface area contributed by atoms with Crippen molar-refractivity contribution in [2.45, 2.75) is 6.61 Å². The fourth-order valence-electron chi connectivity index (χ4n) is 1.36. The zero-order valence-corrected chi connectivity index (χ0v) is 9.13. The fourth-order valence-corrected chi connectivity index (χ4v) is 1.36. The van der Waals surface area contributed by atoms with Crippen LogP contribution in [0, 0.1) is 11.3 Å². The number of aromatic nitrogens is 1. The maximum absolute atomic E-state index is 8.67. The zero-order valence-electron chi connectivity index (χ0n) is 9.13. The summed E-state index contributed by atoms with van der Waals surface area (Å²) in [5, 5.41) is 8.67. The molecular weight excluding hydrogens is 214 g/mol. The number of nitrogen functional groups attached to an aromatic ring is 1. The number of rotatable bonds is 3. The number of hydrogen-bond acceptors (Lipinski definition) is 4. The maximum atomic E-state index is 8.67. The molecule has 0 unspecified atom stereocenters. The summed E-state index contributed by atoms with van der Waals surface area (Å²) < 4.78 is 5.53. The zero-order chi connectivity index (χ0) is 12.1. The van der Waals surface area contributed by atoms with Gasteiger partial charge in [0.1, 0.15) is 6.61 Å². The predicted molar refractivity (Wildman–Crippen MR) is 64.1 cm³/mol. The van der Waals surface area contributed by atoms with Crippen LogP contribution in [0.1, 0.15) is 11.1 Å². The molecule has 0 saturated carbocycles. The second-order valence-corrected chi connectivity index (χ2v) is 3.48. The molecule has 1 aromatic carbocycles. The number of pyridine rings is 1. The van der Waals surface area contributed by atoms with E-state index in [2.05, 4.69) is 11.1 Å². The minimum atomic E-state index is 0.376. The van der Waals surface area contributed by atoms with Crippen molar-refractivity contribution < 1.29 is 4.74 Å². The van der Waals surface area contributed by atoms with Crippen LogP contribution >= 0.6 is 0 Å². The molecule has 0 aliphatic rings. The molecule has 0 saturated heterocycles. The molecule has 1 aromatic heterocycles. The number of ether oxygens (including phenoxy) is 1. The molecule has 1 heterocycles. The minimum absolute atomic E-state index is 0.376. The molecule has 0 fully saturated rings. The molecule has 0 bridgehead atoms. The van der Waals surface area contributed by atoms with E-state index in [0.717, 1.165) is 5.56 Å². The smallest absolute Gasteiger partial charge is 0.166 e. The van der Waals surface area contributed by atoms with Gasteiger partial charge in [0.05, 0.1) is 11.6 Å². The van der Waals surface area contributed by atoms with Gasteiger partial charge in [-0.05, 0) is 29.8 Å². The highest BCUT2D eigenvalue weighted by atomic mass is 16.5. The Morgan fingerprint density at radius 2 is 2.00 bits per heavy atom. The molecule has 2 rings (SSSR count). The Balaban J connectivity index is 2.03. The summed E-state index contributed by atoms with van der Waals surface area (Å²) in [7, 11) is 0. The first kappa shape index (κ1) is 11.0. The van der Waals surface area contributed by atoms with Crippen LogP contribution in [0.15, 0.2) is 42.6 Å². The Bertz CT molecular complexity index is 543. The van der Waals surface area contributed by atoms with Crippen molar-refractivity contribution >= 4 is 5.82 Å². The van der Waals surface area contributed by atoms with E-state index in [4.69, 9.17) is 15.7 Å². The first-order valence-electron chi connectivity index (χ1n) is 5.12. The van der Waals surface area contributed by atoms with Crippen LogP contribution in [-0.4, -0.2) is 4.98 Å². The second-order valence-electron chi connectivity index (χ2n) is 3.48. The van der Waals surface area contributed by atoms with E-state index in [-0.39, 0.29) is 0 Å². The summed E-state index contributed by atoms with van der Waals surface area (Å²) in [6.45, 7) is 0.404. The highest BCUT2D eigenvalue weighted by Gasteiger charge is 2.00. The molecule has 2 aromatic rings. The quantitative estimate of drug-likeness (QED) is 0.868. The lowest BCUT2D eigenvalue weighted by molar-refractivity contribution is 0.307. The SMILES string of the molecule is N#Cc1ccc(COc2cccnc2N)cc1. The highest BCUT2D eigenvalue weighted by molar-refractivity contribution is 5.44. The molecule has 0 radical (unpaired) electrons. The summed E-state index contributed by atoms with van der Waals surface area (Å²) >= 11 is 0. The number of nitriles is 1. The molecule has 84 valence electrons. The molecule has 0 spiro atoms. The largest absolute Gasteiger partial charge is 0.485 e. The number of nitrogens with zero attached hydrogens (tertiary/aromatic N) is 2. The standard InChI is InChI=1S/C13H11N3O/c14-8-10-3-5-11(6-4-10)9-17-12-2-1-7-16-13(12)15/h1-7H,9H2,(H2,15,16). The van der Waals surface area contributed by atoms with Gasteiger partial charge in [-0.15, -0.1) is 0 Å². The van der Waals surface area contributed by atoms with E-state index >= 15 is 0 Å². The molecular formula is C13H11N3O. The van der Waals surface area contributed by atoms with Crippen molar-refractivity contribution in [1.29, 1.82) is 5.26 Å². The summed E-state index contributed by atoms with van der Waals surface area (Å²) in [6.07, 6.45) is 1.61. The molecule has 4 nitrogen and oxygen atoms in total. The lowest BCUT2D eigenvalue weighted by atomic mass is 10.2. The fraction of sp³-hybridized carbons (Fsp3) is 0.0769. The molecule has 4 heteroatoms. The van der Waals surface area contributed by atoms with Gasteiger partial charge in [0, 0.05) is 6.20 Å². The summed E-state index contributed by atoms with van der Waals surface area (Å²) in [5.41, 5.74) is 7.26. The first-order valence-corrected chi connectivity index (χ1v) is 5.12. The van der Waals surface area contributed by atoms with Crippen LogP contribution in [0.25, 0.3) is 0 Å². The van der Waals surface area contributed by atoms with Crippen molar-refractivity contribution in [2.75, 3.05) is 5.73 Å². The summed E-state index contributed by atoms with van der Waals surface area (Å²) in [4.78, 5) is 3.93. The van der Waals surface area contributed by atoms with Crippen molar-refractivity contribution in [3.8, 4) is 11.8 Å². The van der Waals surface area contributed by atoms with Crippen LogP contribution in [0.5, 0.6) is 5.75 Å². The summed E-state index contributed by atoms with van der Waals surface area (Å²) in [5.74, 6) is 0.943. The highest BCUT2D eigenvalue weighted by Crippen LogP contribution is 2.18. The average molecular weight is 225 g/mol. The molecule has 2 N–H and O–H groups in total. The molecule has 0 atom stereocenters. The van der Waals surface area contributed by atoms with Crippen LogP contribution in [0.2, 0.25) is 0 Å². The van der Waals surface area contributed by atoms with E-state index in [1.807, 2.05) is 12.1 Å². The van der Waals surface area contributed by atoms with Crippen molar-refractivity contribution in [3.63, 3.8) is 0 Å². The number of hydrogen-bond donors (Lipinski definition) is 1. The minimum Gasteiger partial charge on any atom is -0.485 e. The monoisotopic (exact) mass is 225 g/mol. The number of nitrogens with two attached hydrogens (primary N) is 1. The van der Waals surface area contributed by atoms with Gasteiger partial charge in [-0.3, -0.25) is 0 Å². The van der Waals surface area contributed by atoms with E-state index in [1.54, 1.807) is 30.5 Å². The van der Waals surface area contributed by atoms with Gasteiger partial charge < -0.3 is 10.5 Å². The maximum Gasteiger partial charge on any atom is 0.166 e. The summed E-state index contributed by atoms with van der Waals surface area (Å²) in [6, 6.07) is 12.8. The Kier molecular flexibility index (Phi) is 3.22. The lowest BCUT2D eigenvalue weighted by Gasteiger charge is -2.07. The number of anilines is 1.